The van der Waals surface area contributed by atoms with Gasteiger partial charge in [-0.05, 0) is 95.5 Å². The second kappa shape index (κ2) is 14.3. The Balaban J connectivity index is 1.25. The third kappa shape index (κ3) is 7.61. The number of imide groups is 1. The first-order valence-electron chi connectivity index (χ1n) is 14.8. The number of amides is 3. The monoisotopic (exact) mass is 673 g/mol. The standard InChI is InChI=1S/C35H35N3O7S2/c1-23-17-24(2)19-28(18-23)38(47(42,43)29-11-10-26-7-5-6-8-27(26)22-29)15-13-33(39)36-14-16-37-34(40)32(46-35(37)41)21-25-9-12-30(44-3)31(20-25)45-4/h5-12,17-22H,13-16H2,1-4H3,(H,36,39)/b32-21-. The molecule has 244 valence electrons. The van der Waals surface area contributed by atoms with Crippen LogP contribution in [0.2, 0.25) is 0 Å². The van der Waals surface area contributed by atoms with Gasteiger partial charge in [0.1, 0.15) is 0 Å². The van der Waals surface area contributed by atoms with Crippen LogP contribution in [0.5, 0.6) is 11.5 Å². The molecule has 0 radical (unpaired) electrons. The summed E-state index contributed by atoms with van der Waals surface area (Å²) in [7, 11) is -0.998. The van der Waals surface area contributed by atoms with Crippen LogP contribution < -0.4 is 19.1 Å². The Labute approximate surface area is 278 Å². The summed E-state index contributed by atoms with van der Waals surface area (Å²) in [5.74, 6) is 0.147. The minimum Gasteiger partial charge on any atom is -0.493 e. The number of thioether (sulfide) groups is 1. The Kier molecular flexibility index (Phi) is 10.2. The first-order valence-corrected chi connectivity index (χ1v) is 17.1. The quantitative estimate of drug-likeness (QED) is 0.184. The zero-order valence-corrected chi connectivity index (χ0v) is 28.1. The summed E-state index contributed by atoms with van der Waals surface area (Å²) in [4.78, 5) is 40.0. The number of fused-ring (bicyclic) bond motifs is 1. The van der Waals surface area contributed by atoms with E-state index in [1.807, 2.05) is 44.2 Å². The zero-order chi connectivity index (χ0) is 33.7. The van der Waals surface area contributed by atoms with E-state index in [1.165, 1.54) is 18.5 Å². The van der Waals surface area contributed by atoms with Gasteiger partial charge in [0.15, 0.2) is 11.5 Å². The van der Waals surface area contributed by atoms with Gasteiger partial charge in [0, 0.05) is 26.1 Å². The normalized spacial score (nSPS) is 14.1. The van der Waals surface area contributed by atoms with Crippen LogP contribution in [0.25, 0.3) is 16.8 Å². The van der Waals surface area contributed by atoms with E-state index >= 15 is 0 Å². The van der Waals surface area contributed by atoms with E-state index in [4.69, 9.17) is 9.47 Å². The molecular formula is C35H35N3O7S2. The molecule has 1 heterocycles. The number of methoxy groups -OCH3 is 2. The van der Waals surface area contributed by atoms with Crippen molar-refractivity contribution in [2.75, 3.05) is 38.2 Å². The van der Waals surface area contributed by atoms with Gasteiger partial charge in [-0.1, -0.05) is 42.5 Å². The molecule has 1 aliphatic rings. The lowest BCUT2D eigenvalue weighted by Crippen LogP contribution is -2.39. The predicted molar refractivity (Wildman–Crippen MR) is 184 cm³/mol. The lowest BCUT2D eigenvalue weighted by atomic mass is 10.1. The fourth-order valence-corrected chi connectivity index (χ4v) is 7.67. The van der Waals surface area contributed by atoms with E-state index in [0.29, 0.717) is 22.7 Å². The number of hydrogen-bond acceptors (Lipinski definition) is 8. The van der Waals surface area contributed by atoms with Crippen molar-refractivity contribution in [1.29, 1.82) is 0 Å². The number of sulfonamides is 1. The molecule has 4 aromatic carbocycles. The Morgan fingerprint density at radius 2 is 1.60 bits per heavy atom. The van der Waals surface area contributed by atoms with Crippen molar-refractivity contribution in [2.45, 2.75) is 25.2 Å². The largest absolute Gasteiger partial charge is 0.493 e. The van der Waals surface area contributed by atoms with Crippen molar-refractivity contribution in [3.63, 3.8) is 0 Å². The van der Waals surface area contributed by atoms with Gasteiger partial charge in [-0.25, -0.2) is 8.42 Å². The molecule has 3 amide bonds. The molecule has 1 saturated heterocycles. The van der Waals surface area contributed by atoms with Crippen LogP contribution in [0.4, 0.5) is 10.5 Å². The van der Waals surface area contributed by atoms with Gasteiger partial charge in [-0.3, -0.25) is 23.6 Å². The number of benzene rings is 4. The van der Waals surface area contributed by atoms with Gasteiger partial charge in [0.05, 0.1) is 29.7 Å². The third-order valence-corrected chi connectivity index (χ3v) is 10.3. The van der Waals surface area contributed by atoms with Gasteiger partial charge in [-0.15, -0.1) is 0 Å². The summed E-state index contributed by atoms with van der Waals surface area (Å²) in [5, 5.41) is 3.98. The highest BCUT2D eigenvalue weighted by atomic mass is 32.2. The van der Waals surface area contributed by atoms with Gasteiger partial charge >= 0.3 is 0 Å². The van der Waals surface area contributed by atoms with E-state index in [9.17, 15) is 22.8 Å². The molecule has 0 bridgehead atoms. The van der Waals surface area contributed by atoms with Gasteiger partial charge in [-0.2, -0.15) is 0 Å². The van der Waals surface area contributed by atoms with Crippen molar-refractivity contribution in [3.05, 3.63) is 100 Å². The SMILES string of the molecule is COc1ccc(/C=C2\SC(=O)N(CCNC(=O)CCN(c3cc(C)cc(C)c3)S(=O)(=O)c3ccc4ccccc4c3)C2=O)cc1OC. The molecule has 1 fully saturated rings. The summed E-state index contributed by atoms with van der Waals surface area (Å²) < 4.78 is 39.8. The molecule has 0 unspecified atom stereocenters. The van der Waals surface area contributed by atoms with Crippen molar-refractivity contribution >= 4 is 61.4 Å². The Hall–Kier alpha value is -4.81. The van der Waals surface area contributed by atoms with Crippen molar-refractivity contribution in [2.24, 2.45) is 0 Å². The van der Waals surface area contributed by atoms with Gasteiger partial charge in [0.2, 0.25) is 5.91 Å². The number of carbonyl (C=O) groups is 3. The number of nitrogens with one attached hydrogen (secondary N) is 1. The van der Waals surface area contributed by atoms with Crippen molar-refractivity contribution in [1.82, 2.24) is 10.2 Å². The van der Waals surface area contributed by atoms with E-state index < -0.39 is 27.1 Å². The molecule has 1 aliphatic heterocycles. The molecular weight excluding hydrogens is 639 g/mol. The molecule has 4 aromatic rings. The average Bonchev–Trinajstić information content (AvgIpc) is 3.31. The Morgan fingerprint density at radius 1 is 0.894 bits per heavy atom. The first kappa shape index (κ1) is 33.6. The highest BCUT2D eigenvalue weighted by Crippen LogP contribution is 2.34. The van der Waals surface area contributed by atoms with Crippen LogP contribution in [0.1, 0.15) is 23.1 Å². The van der Waals surface area contributed by atoms with Crippen LogP contribution in [0, 0.1) is 13.8 Å². The number of carbonyl (C=O) groups excluding carboxylic acids is 3. The smallest absolute Gasteiger partial charge is 0.293 e. The average molecular weight is 674 g/mol. The molecule has 0 saturated carbocycles. The highest BCUT2D eigenvalue weighted by Gasteiger charge is 2.35. The summed E-state index contributed by atoms with van der Waals surface area (Å²) in [6, 6.07) is 23.1. The topological polar surface area (TPSA) is 122 Å². The van der Waals surface area contributed by atoms with E-state index in [1.54, 1.807) is 54.6 Å². The van der Waals surface area contributed by atoms with E-state index in [2.05, 4.69) is 5.32 Å². The summed E-state index contributed by atoms with van der Waals surface area (Å²) in [6.07, 6.45) is 1.46. The number of aryl methyl sites for hydroxylation is 2. The van der Waals surface area contributed by atoms with Crippen LogP contribution in [0.15, 0.2) is 88.7 Å². The lowest BCUT2D eigenvalue weighted by molar-refractivity contribution is -0.124. The van der Waals surface area contributed by atoms with E-state index in [-0.39, 0.29) is 35.9 Å². The first-order chi connectivity index (χ1) is 22.5. The van der Waals surface area contributed by atoms with Gasteiger partial charge in [0.25, 0.3) is 21.2 Å². The summed E-state index contributed by atoms with van der Waals surface area (Å²) >= 11 is 0.815. The van der Waals surface area contributed by atoms with E-state index in [0.717, 1.165) is 38.6 Å². The summed E-state index contributed by atoms with van der Waals surface area (Å²) in [5.41, 5.74) is 2.90. The van der Waals surface area contributed by atoms with Crippen molar-refractivity contribution in [3.8, 4) is 11.5 Å². The van der Waals surface area contributed by atoms with Gasteiger partial charge < -0.3 is 14.8 Å². The number of hydrogen-bond donors (Lipinski definition) is 1. The minimum absolute atomic E-state index is 0.0154. The Bertz CT molecular complexity index is 1970. The molecule has 10 nitrogen and oxygen atoms in total. The predicted octanol–water partition coefficient (Wildman–Crippen LogP) is 5.91. The Morgan fingerprint density at radius 3 is 2.30 bits per heavy atom. The molecule has 0 aromatic heterocycles. The molecule has 47 heavy (non-hydrogen) atoms. The number of ether oxygens (including phenoxy) is 2. The maximum Gasteiger partial charge on any atom is 0.293 e. The maximum atomic E-state index is 14.0. The minimum atomic E-state index is -4.03. The molecule has 0 aliphatic carbocycles. The second-order valence-corrected chi connectivity index (χ2v) is 13.8. The van der Waals surface area contributed by atoms with Crippen LogP contribution in [-0.4, -0.2) is 64.2 Å². The van der Waals surface area contributed by atoms with Crippen LogP contribution in [-0.2, 0) is 19.6 Å². The highest BCUT2D eigenvalue weighted by molar-refractivity contribution is 8.18. The fourth-order valence-electron chi connectivity index (χ4n) is 5.32. The lowest BCUT2D eigenvalue weighted by Gasteiger charge is -2.25. The molecule has 12 heteroatoms. The maximum absolute atomic E-state index is 14.0. The number of rotatable bonds is 12. The molecule has 5 rings (SSSR count). The zero-order valence-electron chi connectivity index (χ0n) is 26.5. The summed E-state index contributed by atoms with van der Waals surface area (Å²) in [6.45, 7) is 3.65. The molecule has 1 N–H and O–H groups in total. The van der Waals surface area contributed by atoms with Crippen LogP contribution >= 0.6 is 11.8 Å². The molecule has 0 atom stereocenters. The third-order valence-electron chi connectivity index (χ3n) is 7.58. The number of nitrogens with zero attached hydrogens (tertiary/aromatic N) is 2. The van der Waals surface area contributed by atoms with Crippen LogP contribution in [0.3, 0.4) is 0 Å². The fraction of sp³-hybridized carbons (Fsp3) is 0.229. The second-order valence-electron chi connectivity index (χ2n) is 11.0. The number of anilines is 1. The van der Waals surface area contributed by atoms with Crippen molar-refractivity contribution < 1.29 is 32.3 Å². The molecule has 0 spiro atoms.